The number of fused-ring (bicyclic) bond motifs is 2. The van der Waals surface area contributed by atoms with Crippen LogP contribution in [-0.2, 0) is 11.3 Å². The van der Waals surface area contributed by atoms with E-state index < -0.39 is 6.04 Å². The number of likely N-dealkylation sites (tertiary alicyclic amines) is 1. The Morgan fingerprint density at radius 1 is 1.11 bits per heavy atom. The van der Waals surface area contributed by atoms with Gasteiger partial charge in [-0.25, -0.2) is 4.98 Å². The summed E-state index contributed by atoms with van der Waals surface area (Å²) in [5.74, 6) is 0.994. The largest absolute Gasteiger partial charge is 0.496 e. The van der Waals surface area contributed by atoms with Crippen LogP contribution in [0.4, 0.5) is 0 Å². The number of ether oxygens (including phenoxy) is 1. The number of amides is 2. The van der Waals surface area contributed by atoms with E-state index in [0.29, 0.717) is 46.9 Å². The van der Waals surface area contributed by atoms with Crippen LogP contribution in [0.25, 0.3) is 10.9 Å². The predicted octanol–water partition coefficient (Wildman–Crippen LogP) is 3.75. The summed E-state index contributed by atoms with van der Waals surface area (Å²) in [4.78, 5) is 51.3. The molecular formula is C28H32N4O4. The van der Waals surface area contributed by atoms with E-state index in [1.807, 2.05) is 30.0 Å². The first-order valence-electron chi connectivity index (χ1n) is 12.7. The number of hydrogen-bond acceptors (Lipinski definition) is 5. The number of aromatic nitrogens is 2. The Labute approximate surface area is 210 Å². The van der Waals surface area contributed by atoms with Gasteiger partial charge in [-0.2, -0.15) is 0 Å². The maximum Gasteiger partial charge on any atom is 0.258 e. The minimum absolute atomic E-state index is 0.0439. The fraction of sp³-hybridized carbons (Fsp3) is 0.429. The quantitative estimate of drug-likeness (QED) is 0.570. The summed E-state index contributed by atoms with van der Waals surface area (Å²) in [6.45, 7) is 2.53. The van der Waals surface area contributed by atoms with E-state index in [0.717, 1.165) is 25.7 Å². The van der Waals surface area contributed by atoms with Crippen molar-refractivity contribution in [2.75, 3.05) is 13.7 Å². The average molecular weight is 489 g/mol. The number of likely N-dealkylation sites (N-methyl/N-ethyl adjacent to an activating group) is 1. The van der Waals surface area contributed by atoms with Crippen molar-refractivity contribution in [3.8, 4) is 5.75 Å². The molecule has 1 aromatic heterocycles. The second-order valence-electron chi connectivity index (χ2n) is 9.66. The van der Waals surface area contributed by atoms with Gasteiger partial charge in [0, 0.05) is 12.6 Å². The zero-order valence-corrected chi connectivity index (χ0v) is 20.8. The van der Waals surface area contributed by atoms with E-state index in [9.17, 15) is 14.4 Å². The first-order chi connectivity index (χ1) is 17.5. The number of hydrogen-bond donors (Lipinski definition) is 1. The lowest BCUT2D eigenvalue weighted by molar-refractivity contribution is -0.136. The van der Waals surface area contributed by atoms with Gasteiger partial charge in [-0.05, 0) is 56.4 Å². The van der Waals surface area contributed by atoms with Gasteiger partial charge >= 0.3 is 0 Å². The molecule has 1 N–H and O–H groups in total. The van der Waals surface area contributed by atoms with Gasteiger partial charge in [-0.3, -0.25) is 14.4 Å². The van der Waals surface area contributed by atoms with Crippen LogP contribution >= 0.6 is 0 Å². The highest BCUT2D eigenvalue weighted by Gasteiger charge is 2.48. The fourth-order valence-electron chi connectivity index (χ4n) is 5.88. The highest BCUT2D eigenvalue weighted by atomic mass is 16.5. The summed E-state index contributed by atoms with van der Waals surface area (Å²) >= 11 is 0. The second kappa shape index (κ2) is 10.1. The van der Waals surface area contributed by atoms with E-state index in [2.05, 4.69) is 9.97 Å². The first-order valence-corrected chi connectivity index (χ1v) is 12.7. The molecule has 0 spiro atoms. The summed E-state index contributed by atoms with van der Waals surface area (Å²) in [6.07, 6.45) is 4.76. The number of rotatable bonds is 6. The lowest BCUT2D eigenvalue weighted by Gasteiger charge is -2.35. The summed E-state index contributed by atoms with van der Waals surface area (Å²) in [5.41, 5.74) is 0.853. The maximum absolute atomic E-state index is 14.0. The van der Waals surface area contributed by atoms with Crippen LogP contribution < -0.4 is 10.3 Å². The Balaban J connectivity index is 1.45. The minimum atomic E-state index is -0.553. The van der Waals surface area contributed by atoms with Crippen LogP contribution in [-0.4, -0.2) is 57.3 Å². The zero-order valence-electron chi connectivity index (χ0n) is 20.8. The molecule has 2 heterocycles. The molecule has 2 fully saturated rings. The SMILES string of the molecule is CCN(Cc1nc2ccccc2c(=O)[nH]1)C(=O)C1CC2CCCCC2N1C(=O)c1ccccc1OC. The van der Waals surface area contributed by atoms with Gasteiger partial charge in [0.2, 0.25) is 5.91 Å². The Bertz CT molecular complexity index is 1340. The molecule has 188 valence electrons. The van der Waals surface area contributed by atoms with Gasteiger partial charge in [-0.15, -0.1) is 0 Å². The summed E-state index contributed by atoms with van der Waals surface area (Å²) in [5, 5.41) is 0.518. The predicted molar refractivity (Wildman–Crippen MR) is 137 cm³/mol. The number of carbonyl (C=O) groups is 2. The highest BCUT2D eigenvalue weighted by Crippen LogP contribution is 2.41. The number of aromatic amines is 1. The van der Waals surface area contributed by atoms with E-state index in [1.165, 1.54) is 0 Å². The third kappa shape index (κ3) is 4.36. The lowest BCUT2D eigenvalue weighted by atomic mass is 9.84. The lowest BCUT2D eigenvalue weighted by Crippen LogP contribution is -2.50. The number of nitrogens with zero attached hydrogens (tertiary/aromatic N) is 3. The molecule has 8 heteroatoms. The van der Waals surface area contributed by atoms with Crippen molar-refractivity contribution in [1.29, 1.82) is 0 Å². The molecule has 3 atom stereocenters. The van der Waals surface area contributed by atoms with Crippen LogP contribution in [0, 0.1) is 5.92 Å². The molecule has 2 amide bonds. The molecule has 2 aromatic carbocycles. The molecule has 0 bridgehead atoms. The molecular weight excluding hydrogens is 456 g/mol. The first kappa shape index (κ1) is 24.0. The molecule has 3 aromatic rings. The number of benzene rings is 2. The van der Waals surface area contributed by atoms with E-state index in [1.54, 1.807) is 42.3 Å². The van der Waals surface area contributed by atoms with Crippen molar-refractivity contribution in [2.45, 2.75) is 57.7 Å². The summed E-state index contributed by atoms with van der Waals surface area (Å²) in [7, 11) is 1.55. The number of nitrogens with one attached hydrogen (secondary N) is 1. The molecule has 2 aliphatic rings. The molecule has 1 saturated carbocycles. The molecule has 1 saturated heterocycles. The third-order valence-electron chi connectivity index (χ3n) is 7.64. The smallest absolute Gasteiger partial charge is 0.258 e. The molecule has 36 heavy (non-hydrogen) atoms. The van der Waals surface area contributed by atoms with Crippen molar-refractivity contribution < 1.29 is 14.3 Å². The van der Waals surface area contributed by atoms with E-state index in [4.69, 9.17) is 4.74 Å². The molecule has 8 nitrogen and oxygen atoms in total. The van der Waals surface area contributed by atoms with Crippen molar-refractivity contribution in [3.05, 3.63) is 70.3 Å². The van der Waals surface area contributed by atoms with Crippen molar-refractivity contribution in [2.24, 2.45) is 5.92 Å². The molecule has 3 unspecified atom stereocenters. The standard InChI is InChI=1S/C28H32N4O4/c1-3-31(17-25-29-21-13-7-5-11-19(21)26(33)30-25)28(35)23-16-18-10-4-8-14-22(18)32(23)27(34)20-12-6-9-15-24(20)36-2/h5-7,9,11-13,15,18,22-23H,3-4,8,10,14,16-17H2,1-2H3,(H,29,30,33). The fourth-order valence-corrected chi connectivity index (χ4v) is 5.88. The second-order valence-corrected chi connectivity index (χ2v) is 9.66. The summed E-state index contributed by atoms with van der Waals surface area (Å²) in [6, 6.07) is 13.8. The van der Waals surface area contributed by atoms with E-state index in [-0.39, 0.29) is 30.0 Å². The van der Waals surface area contributed by atoms with Crippen LogP contribution in [0.1, 0.15) is 55.2 Å². The molecule has 0 radical (unpaired) electrons. The Morgan fingerprint density at radius 2 is 1.86 bits per heavy atom. The number of H-pyrrole nitrogens is 1. The number of carbonyl (C=O) groups excluding carboxylic acids is 2. The zero-order chi connectivity index (χ0) is 25.2. The third-order valence-corrected chi connectivity index (χ3v) is 7.64. The normalized spacial score (nSPS) is 21.3. The Kier molecular flexibility index (Phi) is 6.76. The molecule has 1 aliphatic heterocycles. The van der Waals surface area contributed by atoms with Gasteiger partial charge in [-0.1, -0.05) is 37.1 Å². The minimum Gasteiger partial charge on any atom is -0.496 e. The maximum atomic E-state index is 14.0. The average Bonchev–Trinajstić information content (AvgIpc) is 3.30. The van der Waals surface area contributed by atoms with Crippen LogP contribution in [0.15, 0.2) is 53.3 Å². The van der Waals surface area contributed by atoms with Crippen LogP contribution in [0.2, 0.25) is 0 Å². The van der Waals surface area contributed by atoms with Gasteiger partial charge in [0.05, 0.1) is 30.1 Å². The molecule has 5 rings (SSSR count). The van der Waals surface area contributed by atoms with Gasteiger partial charge in [0.25, 0.3) is 11.5 Å². The Hall–Kier alpha value is -3.68. The Morgan fingerprint density at radius 3 is 2.67 bits per heavy atom. The van der Waals surface area contributed by atoms with E-state index >= 15 is 0 Å². The number of para-hydroxylation sites is 2. The van der Waals surface area contributed by atoms with Gasteiger partial charge < -0.3 is 19.5 Å². The highest BCUT2D eigenvalue weighted by molar-refractivity contribution is 6.00. The topological polar surface area (TPSA) is 95.6 Å². The summed E-state index contributed by atoms with van der Waals surface area (Å²) < 4.78 is 5.47. The van der Waals surface area contributed by atoms with Crippen LogP contribution in [0.3, 0.4) is 0 Å². The van der Waals surface area contributed by atoms with Crippen molar-refractivity contribution >= 4 is 22.7 Å². The van der Waals surface area contributed by atoms with Gasteiger partial charge in [0.15, 0.2) is 0 Å². The van der Waals surface area contributed by atoms with Gasteiger partial charge in [0.1, 0.15) is 17.6 Å². The van der Waals surface area contributed by atoms with Crippen LogP contribution in [0.5, 0.6) is 5.75 Å². The van der Waals surface area contributed by atoms with Crippen molar-refractivity contribution in [3.63, 3.8) is 0 Å². The number of methoxy groups -OCH3 is 1. The van der Waals surface area contributed by atoms with Crippen molar-refractivity contribution in [1.82, 2.24) is 19.8 Å². The molecule has 1 aliphatic carbocycles. The monoisotopic (exact) mass is 488 g/mol.